The number of halogens is 4. The molecular formula is C82H66ClF3N18O22. The van der Waals surface area contributed by atoms with E-state index in [-0.39, 0.29) is 85.1 Å². The minimum atomic E-state index is -4.89. The number of hydrogen-bond donors (Lipinski definition) is 9. The van der Waals surface area contributed by atoms with Gasteiger partial charge in [0.25, 0.3) is 47.3 Å². The van der Waals surface area contributed by atoms with Gasteiger partial charge in [0.1, 0.15) is 62.8 Å². The van der Waals surface area contributed by atoms with Gasteiger partial charge in [-0.2, -0.15) is 18.2 Å². The first-order valence-corrected chi connectivity index (χ1v) is 38.1. The summed E-state index contributed by atoms with van der Waals surface area (Å²) in [7, 11) is 8.92. The van der Waals surface area contributed by atoms with Crippen LogP contribution in [-0.2, 0) is 73.7 Å². The van der Waals surface area contributed by atoms with Gasteiger partial charge in [-0.05, 0) is 95.1 Å². The van der Waals surface area contributed by atoms with E-state index in [1.807, 2.05) is 17.4 Å². The number of amides is 16. The summed E-state index contributed by atoms with van der Waals surface area (Å²) >= 11 is 6.34. The standard InChI is InChI=1S/2C21H18N4O6.C20H15ClN4O5.C20H15F3N6O5/c1-29-13-4-3-11-9-25(18(26)14(11)6-13)10-21(19(27)23-20(28)24-21)16-5-12-8-22-17(30-2)7-15(12)31-16;1-29-12-4-3-11-9-25(18(26)13(11)7-12)10-21(19(27)23-20(28)24-21)16-8-14-15(31-16)5-6-22-17(14)30-2;1-29-13-3-2-10-8-25(17(26)15(10)16(13)21)9-20(18(27)23-19(28)24-20)14-6-11-7-22-5-4-12(11)30-14;1-33-9-3-2-8-6-29(15(30)10(8)4-9)7-19(16(31)27-18(32)28-19)12-5-11-13(20(21,22)23)25-17(24)26-14(11)34-12/h2*3-8H,9-10H2,1-2H3,(H2,23,24,27,28);2-7H,8-9H2,1H3,(H2,23,24,27,28);2-5H,6-7H2,1H3,(H2,24,25,26)(H2,27,28,31,32)/t2*21-;20-;19-/m0000/s1. The van der Waals surface area contributed by atoms with Gasteiger partial charge in [-0.15, -0.1) is 0 Å². The van der Waals surface area contributed by atoms with Gasteiger partial charge in [0, 0.05) is 90.6 Å². The van der Waals surface area contributed by atoms with Crippen LogP contribution in [0.3, 0.4) is 0 Å². The quantitative estimate of drug-likeness (QED) is 0.0400. The van der Waals surface area contributed by atoms with Crippen molar-refractivity contribution in [1.82, 2.24) is 87.1 Å². The summed E-state index contributed by atoms with van der Waals surface area (Å²) in [6, 6.07) is 26.6. The number of pyridine rings is 3. The molecule has 20 rings (SSSR count). The number of carbonyl (C=O) groups excluding carboxylic acids is 12. The molecule has 16 amide bonds. The van der Waals surface area contributed by atoms with E-state index in [0.717, 1.165) is 17.2 Å². The number of urea groups is 4. The summed E-state index contributed by atoms with van der Waals surface area (Å²) in [5.74, 6) is -1.90. The molecule has 0 spiro atoms. The van der Waals surface area contributed by atoms with Gasteiger partial charge in [-0.1, -0.05) is 35.9 Å². The number of benzene rings is 4. The van der Waals surface area contributed by atoms with Crippen LogP contribution >= 0.6 is 11.6 Å². The molecule has 4 aromatic carbocycles. The van der Waals surface area contributed by atoms with Crippen molar-refractivity contribution in [2.45, 2.75) is 54.5 Å². The van der Waals surface area contributed by atoms with Crippen LogP contribution in [-0.4, -0.2) is 185 Å². The molecule has 0 radical (unpaired) electrons. The largest absolute Gasteiger partial charge is 0.497 e. The van der Waals surface area contributed by atoms with Crippen LogP contribution in [0.15, 0.2) is 152 Å². The van der Waals surface area contributed by atoms with Crippen molar-refractivity contribution in [2.75, 3.05) is 74.6 Å². The highest BCUT2D eigenvalue weighted by Crippen LogP contribution is 2.44. The number of anilines is 1. The number of carbonyl (C=O) groups is 12. The molecule has 4 saturated heterocycles. The first kappa shape index (κ1) is 82.2. The molecule has 0 aliphatic carbocycles. The SMILES string of the molecule is COc1ccc2c(c1)C(=O)N(C[C@@]1(c3cc4c(C(F)(F)F)nc(N)nc4o3)NC(=O)NC1=O)C2.COc1ccc2c(c1)C(=O)N(C[C@@]1(c3cc4c(OC)nccc4o3)NC(=O)NC1=O)C2.COc1ccc2c(c1)C(=O)N(C[C@@]1(c3cc4cnc(OC)cc4o3)NC(=O)NC1=O)C2.COc1ccc2c(c1Cl)C(=O)N(C[C@@]1(c3cc4cnccc4o3)NC(=O)NC1=O)C2. The molecule has 40 nitrogen and oxygen atoms in total. The van der Waals surface area contributed by atoms with E-state index in [4.69, 9.17) is 63.4 Å². The summed E-state index contributed by atoms with van der Waals surface area (Å²) in [6.07, 6.45) is 1.32. The van der Waals surface area contributed by atoms with Crippen molar-refractivity contribution < 1.29 is 117 Å². The molecule has 0 saturated carbocycles. The molecule has 4 fully saturated rings. The van der Waals surface area contributed by atoms with Crippen LogP contribution in [0, 0.1) is 0 Å². The molecule has 126 heavy (non-hydrogen) atoms. The third-order valence-electron chi connectivity index (χ3n) is 22.2. The summed E-state index contributed by atoms with van der Waals surface area (Å²) < 4.78 is 94.8. The zero-order valence-corrected chi connectivity index (χ0v) is 67.2. The lowest BCUT2D eigenvalue weighted by molar-refractivity contribution is -0.139. The number of fused-ring (bicyclic) bond motifs is 8. The Morgan fingerprint density at radius 1 is 0.437 bits per heavy atom. The molecule has 8 aliphatic rings. The van der Waals surface area contributed by atoms with Crippen molar-refractivity contribution in [3.8, 4) is 34.8 Å². The molecule has 644 valence electrons. The summed E-state index contributed by atoms with van der Waals surface area (Å²) in [5, 5.41) is 20.7. The highest BCUT2D eigenvalue weighted by Gasteiger charge is 2.58. The van der Waals surface area contributed by atoms with Gasteiger partial charge in [0.05, 0.1) is 90.2 Å². The summed E-state index contributed by atoms with van der Waals surface area (Å²) in [6.45, 7) is 0.108. The van der Waals surface area contributed by atoms with E-state index in [2.05, 4.69) is 62.1 Å². The minimum absolute atomic E-state index is 0.0871. The van der Waals surface area contributed by atoms with Gasteiger partial charge in [0.15, 0.2) is 27.8 Å². The monoisotopic (exact) mass is 1750 g/mol. The lowest BCUT2D eigenvalue weighted by atomic mass is 9.95. The van der Waals surface area contributed by atoms with Crippen molar-refractivity contribution in [3.63, 3.8) is 0 Å². The summed E-state index contributed by atoms with van der Waals surface area (Å²) in [4.78, 5) is 177. The number of furan rings is 4. The van der Waals surface area contributed by atoms with E-state index in [1.54, 1.807) is 104 Å². The van der Waals surface area contributed by atoms with Gasteiger partial charge in [-0.3, -0.25) is 64.6 Å². The molecule has 8 aliphatic heterocycles. The van der Waals surface area contributed by atoms with Crippen LogP contribution < -0.4 is 76.7 Å². The third kappa shape index (κ3) is 14.1. The van der Waals surface area contributed by atoms with Gasteiger partial charge < -0.3 is 92.7 Å². The number of nitrogen functional groups attached to an aromatic ring is 1. The second-order valence-electron chi connectivity index (χ2n) is 29.6. The number of nitrogens with two attached hydrogens (primary N) is 1. The molecule has 8 aromatic heterocycles. The molecule has 10 N–H and O–H groups in total. The van der Waals surface area contributed by atoms with Crippen LogP contribution in [0.2, 0.25) is 5.02 Å². The fourth-order valence-corrected chi connectivity index (χ4v) is 16.4. The second kappa shape index (κ2) is 31.1. The zero-order chi connectivity index (χ0) is 89.0. The average molecular weight is 1750 g/mol. The molecule has 44 heteroatoms. The fourth-order valence-electron chi connectivity index (χ4n) is 16.0. The normalized spacial score (nSPS) is 20.1. The van der Waals surface area contributed by atoms with E-state index in [9.17, 15) is 70.7 Å². The predicted octanol–water partition coefficient (Wildman–Crippen LogP) is 6.78. The van der Waals surface area contributed by atoms with Crippen molar-refractivity contribution >= 4 is 133 Å². The maximum atomic E-state index is 13.5. The Bertz CT molecular complexity index is 6680. The Kier molecular flexibility index (Phi) is 20.3. The van der Waals surface area contributed by atoms with E-state index in [1.165, 1.54) is 74.5 Å². The van der Waals surface area contributed by atoms with Gasteiger partial charge in [-0.25, -0.2) is 34.1 Å². The Labute approximate surface area is 709 Å². The lowest BCUT2D eigenvalue weighted by Crippen LogP contribution is -2.52. The third-order valence-corrected chi connectivity index (χ3v) is 22.6. The Balaban J connectivity index is 0.000000119. The van der Waals surface area contributed by atoms with Crippen LogP contribution in [0.1, 0.15) is 92.4 Å². The summed E-state index contributed by atoms with van der Waals surface area (Å²) in [5.41, 5.74) is 2.76. The van der Waals surface area contributed by atoms with E-state index in [0.29, 0.717) is 108 Å². The Morgan fingerprint density at radius 2 is 0.857 bits per heavy atom. The van der Waals surface area contributed by atoms with Crippen molar-refractivity contribution in [1.29, 1.82) is 0 Å². The number of nitrogens with zero attached hydrogens (tertiary/aromatic N) is 9. The van der Waals surface area contributed by atoms with Gasteiger partial charge in [0.2, 0.25) is 23.4 Å². The van der Waals surface area contributed by atoms with E-state index >= 15 is 0 Å². The highest BCUT2D eigenvalue weighted by atomic mass is 35.5. The van der Waals surface area contributed by atoms with Crippen molar-refractivity contribution in [2.24, 2.45) is 0 Å². The first-order chi connectivity index (χ1) is 60.3. The molecule has 12 aromatic rings. The van der Waals surface area contributed by atoms with Gasteiger partial charge >= 0.3 is 30.3 Å². The minimum Gasteiger partial charge on any atom is -0.497 e. The highest BCUT2D eigenvalue weighted by molar-refractivity contribution is 6.35. The molecule has 16 heterocycles. The van der Waals surface area contributed by atoms with Crippen LogP contribution in [0.4, 0.5) is 38.3 Å². The second-order valence-corrected chi connectivity index (χ2v) is 30.0. The van der Waals surface area contributed by atoms with E-state index < -0.39 is 111 Å². The van der Waals surface area contributed by atoms with Crippen molar-refractivity contribution in [3.05, 3.63) is 212 Å². The first-order valence-electron chi connectivity index (χ1n) is 37.8. The Morgan fingerprint density at radius 3 is 1.29 bits per heavy atom. The van der Waals surface area contributed by atoms with Crippen LogP contribution in [0.25, 0.3) is 44.0 Å². The lowest BCUT2D eigenvalue weighted by Gasteiger charge is -2.29. The van der Waals surface area contributed by atoms with Crippen LogP contribution in [0.5, 0.6) is 34.8 Å². The number of alkyl halides is 3. The number of nitrogens with one attached hydrogen (secondary N) is 8. The number of ether oxygens (including phenoxy) is 6. The fraction of sp³-hybridized carbons (Fsp3) is 0.232. The molecular weight excluding hydrogens is 1680 g/mol. The zero-order valence-electron chi connectivity index (χ0n) is 66.5. The number of methoxy groups -OCH3 is 6. The number of hydrogen-bond acceptors (Lipinski definition) is 28. The molecule has 4 atom stereocenters. The number of aromatic nitrogens is 5. The molecule has 0 unspecified atom stereocenters. The average Bonchev–Trinajstić information content (AvgIpc) is 1.59. The number of imide groups is 4. The maximum absolute atomic E-state index is 13.5. The molecule has 0 bridgehead atoms. The Hall–Kier alpha value is -16.1. The number of rotatable bonds is 18. The predicted molar refractivity (Wildman–Crippen MR) is 426 cm³/mol. The maximum Gasteiger partial charge on any atom is 0.434 e. The smallest absolute Gasteiger partial charge is 0.434 e. The topological polar surface area (TPSA) is 512 Å².